The van der Waals surface area contributed by atoms with Crippen molar-refractivity contribution < 1.29 is 14.7 Å². The number of hydrogen-bond acceptors (Lipinski definition) is 3. The molecule has 0 aliphatic heterocycles. The van der Waals surface area contributed by atoms with Crippen LogP contribution in [0.4, 0.5) is 0 Å². The molecule has 0 unspecified atom stereocenters. The molecule has 24 heavy (non-hydrogen) atoms. The largest absolute Gasteiger partial charge is 0.478 e. The van der Waals surface area contributed by atoms with E-state index >= 15 is 0 Å². The number of amides is 1. The van der Waals surface area contributed by atoms with Gasteiger partial charge >= 0.3 is 5.97 Å². The van der Waals surface area contributed by atoms with E-state index in [1.54, 1.807) is 18.2 Å². The molecule has 0 saturated heterocycles. The topological polar surface area (TPSA) is 84.2 Å². The van der Waals surface area contributed by atoms with Gasteiger partial charge in [-0.25, -0.2) is 4.79 Å². The highest BCUT2D eigenvalue weighted by molar-refractivity contribution is 5.87. The highest BCUT2D eigenvalue weighted by Crippen LogP contribution is 2.17. The zero-order valence-corrected chi connectivity index (χ0v) is 14.5. The van der Waals surface area contributed by atoms with Crippen LogP contribution in [0, 0.1) is 19.8 Å². The number of aromatic nitrogens is 2. The third kappa shape index (κ3) is 4.01. The summed E-state index contributed by atoms with van der Waals surface area (Å²) >= 11 is 0. The van der Waals surface area contributed by atoms with Gasteiger partial charge in [0.05, 0.1) is 11.3 Å². The molecule has 1 atom stereocenters. The predicted octanol–water partition coefficient (Wildman–Crippen LogP) is 2.23. The quantitative estimate of drug-likeness (QED) is 0.851. The Hall–Kier alpha value is -2.63. The first-order valence-corrected chi connectivity index (χ1v) is 7.88. The second kappa shape index (κ2) is 7.29. The monoisotopic (exact) mass is 329 g/mol. The van der Waals surface area contributed by atoms with Crippen molar-refractivity contribution in [2.45, 2.75) is 33.7 Å². The van der Waals surface area contributed by atoms with Crippen molar-refractivity contribution in [1.82, 2.24) is 15.1 Å². The fraction of sp³-hybridized carbons (Fsp3) is 0.389. The van der Waals surface area contributed by atoms with Crippen molar-refractivity contribution >= 4 is 11.9 Å². The fourth-order valence-electron chi connectivity index (χ4n) is 2.69. The van der Waals surface area contributed by atoms with Crippen molar-refractivity contribution in [2.75, 3.05) is 0 Å². The number of carboxylic acid groups (broad SMARTS) is 1. The molecule has 128 valence electrons. The number of rotatable bonds is 6. The molecule has 1 heterocycles. The summed E-state index contributed by atoms with van der Waals surface area (Å²) in [5.41, 5.74) is 4.11. The lowest BCUT2D eigenvalue weighted by Gasteiger charge is -2.13. The number of carbonyl (C=O) groups is 2. The minimum absolute atomic E-state index is 0.0571. The number of aryl methyl sites for hydroxylation is 2. The smallest absolute Gasteiger partial charge is 0.335 e. The molecular weight excluding hydrogens is 306 g/mol. The Morgan fingerprint density at radius 2 is 2.04 bits per heavy atom. The number of benzene rings is 1. The Kier molecular flexibility index (Phi) is 5.39. The number of nitrogens with one attached hydrogen (secondary N) is 1. The van der Waals surface area contributed by atoms with Crippen molar-refractivity contribution in [3.63, 3.8) is 0 Å². The Balaban J connectivity index is 1.97. The van der Waals surface area contributed by atoms with Crippen LogP contribution in [-0.4, -0.2) is 26.8 Å². The van der Waals surface area contributed by atoms with Crippen LogP contribution in [0.2, 0.25) is 0 Å². The molecule has 0 spiro atoms. The second-order valence-corrected chi connectivity index (χ2v) is 6.10. The van der Waals surface area contributed by atoms with Crippen molar-refractivity contribution in [2.24, 2.45) is 13.0 Å². The van der Waals surface area contributed by atoms with Gasteiger partial charge in [-0.15, -0.1) is 0 Å². The first kappa shape index (κ1) is 17.7. The van der Waals surface area contributed by atoms with E-state index < -0.39 is 5.97 Å². The van der Waals surface area contributed by atoms with E-state index in [4.69, 9.17) is 5.11 Å². The molecule has 0 aliphatic rings. The SMILES string of the molecule is Cc1nn(C)c(C)c1C[C@H](C)C(=O)NCc1cccc(C(=O)O)c1. The summed E-state index contributed by atoms with van der Waals surface area (Å²) in [5.74, 6) is -1.22. The normalized spacial score (nSPS) is 12.0. The van der Waals surface area contributed by atoms with E-state index in [-0.39, 0.29) is 17.4 Å². The lowest BCUT2D eigenvalue weighted by Crippen LogP contribution is -2.30. The molecule has 1 aromatic heterocycles. The summed E-state index contributed by atoms with van der Waals surface area (Å²) in [7, 11) is 1.89. The van der Waals surface area contributed by atoms with Gasteiger partial charge in [-0.3, -0.25) is 9.48 Å². The molecule has 0 bridgehead atoms. The van der Waals surface area contributed by atoms with E-state index in [1.807, 2.05) is 32.5 Å². The molecule has 2 N–H and O–H groups in total. The number of nitrogens with zero attached hydrogens (tertiary/aromatic N) is 2. The van der Waals surface area contributed by atoms with Gasteiger partial charge in [0, 0.05) is 25.2 Å². The third-order valence-corrected chi connectivity index (χ3v) is 4.26. The fourth-order valence-corrected chi connectivity index (χ4v) is 2.69. The minimum atomic E-state index is -0.973. The van der Waals surface area contributed by atoms with E-state index in [2.05, 4.69) is 10.4 Å². The van der Waals surface area contributed by atoms with Gasteiger partial charge in [0.1, 0.15) is 0 Å². The van der Waals surface area contributed by atoms with Crippen LogP contribution in [0.3, 0.4) is 0 Å². The van der Waals surface area contributed by atoms with Crippen LogP contribution in [0.15, 0.2) is 24.3 Å². The van der Waals surface area contributed by atoms with Crippen LogP contribution < -0.4 is 5.32 Å². The molecule has 0 saturated carbocycles. The first-order chi connectivity index (χ1) is 11.3. The Bertz CT molecular complexity index is 765. The molecule has 2 aromatic rings. The van der Waals surface area contributed by atoms with Gasteiger partial charge in [0.25, 0.3) is 0 Å². The molecule has 2 rings (SSSR count). The van der Waals surface area contributed by atoms with Gasteiger partial charge in [0.15, 0.2) is 0 Å². The highest BCUT2D eigenvalue weighted by atomic mass is 16.4. The number of hydrogen-bond donors (Lipinski definition) is 2. The summed E-state index contributed by atoms with van der Waals surface area (Å²) in [4.78, 5) is 23.3. The molecular formula is C18H23N3O3. The predicted molar refractivity (Wildman–Crippen MR) is 90.8 cm³/mol. The average molecular weight is 329 g/mol. The van der Waals surface area contributed by atoms with Gasteiger partial charge in [-0.1, -0.05) is 19.1 Å². The summed E-state index contributed by atoms with van der Waals surface area (Å²) in [5, 5.41) is 16.2. The van der Waals surface area contributed by atoms with Gasteiger partial charge in [-0.2, -0.15) is 5.10 Å². The van der Waals surface area contributed by atoms with Crippen LogP contribution in [0.5, 0.6) is 0 Å². The third-order valence-electron chi connectivity index (χ3n) is 4.26. The average Bonchev–Trinajstić information content (AvgIpc) is 2.79. The maximum Gasteiger partial charge on any atom is 0.335 e. The van der Waals surface area contributed by atoms with Gasteiger partial charge < -0.3 is 10.4 Å². The molecule has 1 amide bonds. The Morgan fingerprint density at radius 3 is 2.62 bits per heavy atom. The molecule has 0 radical (unpaired) electrons. The highest BCUT2D eigenvalue weighted by Gasteiger charge is 2.18. The van der Waals surface area contributed by atoms with Crippen molar-refractivity contribution in [3.05, 3.63) is 52.3 Å². The maximum atomic E-state index is 12.3. The zero-order chi connectivity index (χ0) is 17.9. The van der Waals surface area contributed by atoms with Crippen LogP contribution in [0.25, 0.3) is 0 Å². The summed E-state index contributed by atoms with van der Waals surface area (Å²) in [6.45, 7) is 6.14. The number of carboxylic acids is 1. The molecule has 6 heteroatoms. The standard InChI is InChI=1S/C18H23N3O3/c1-11(8-16-12(2)20-21(4)13(16)3)17(22)19-10-14-6-5-7-15(9-14)18(23)24/h5-7,9,11H,8,10H2,1-4H3,(H,19,22)(H,23,24)/t11-/m0/s1. The van der Waals surface area contributed by atoms with E-state index in [9.17, 15) is 9.59 Å². The molecule has 0 aliphatic carbocycles. The van der Waals surface area contributed by atoms with Crippen molar-refractivity contribution in [3.8, 4) is 0 Å². The van der Waals surface area contributed by atoms with Crippen LogP contribution in [0.1, 0.15) is 39.8 Å². The lowest BCUT2D eigenvalue weighted by molar-refractivity contribution is -0.124. The van der Waals surface area contributed by atoms with Crippen molar-refractivity contribution in [1.29, 1.82) is 0 Å². The maximum absolute atomic E-state index is 12.3. The zero-order valence-electron chi connectivity index (χ0n) is 14.5. The molecule has 6 nitrogen and oxygen atoms in total. The van der Waals surface area contributed by atoms with E-state index in [0.717, 1.165) is 22.5 Å². The summed E-state index contributed by atoms with van der Waals surface area (Å²) < 4.78 is 1.83. The van der Waals surface area contributed by atoms with E-state index in [0.29, 0.717) is 13.0 Å². The van der Waals surface area contributed by atoms with Gasteiger partial charge in [-0.05, 0) is 43.5 Å². The van der Waals surface area contributed by atoms with Crippen LogP contribution in [-0.2, 0) is 24.8 Å². The number of aromatic carboxylic acids is 1. The summed E-state index contributed by atoms with van der Waals surface area (Å²) in [6, 6.07) is 6.58. The minimum Gasteiger partial charge on any atom is -0.478 e. The van der Waals surface area contributed by atoms with Gasteiger partial charge in [0.2, 0.25) is 5.91 Å². The summed E-state index contributed by atoms with van der Waals surface area (Å²) in [6.07, 6.45) is 0.631. The Labute approximate surface area is 141 Å². The lowest BCUT2D eigenvalue weighted by atomic mass is 9.98. The Morgan fingerprint density at radius 1 is 1.33 bits per heavy atom. The molecule has 0 fully saturated rings. The molecule has 1 aromatic carbocycles. The van der Waals surface area contributed by atoms with E-state index in [1.165, 1.54) is 6.07 Å². The van der Waals surface area contributed by atoms with Crippen LogP contribution >= 0.6 is 0 Å². The number of carbonyl (C=O) groups excluding carboxylic acids is 1. The first-order valence-electron chi connectivity index (χ1n) is 7.88. The second-order valence-electron chi connectivity index (χ2n) is 6.10.